The summed E-state index contributed by atoms with van der Waals surface area (Å²) in [4.78, 5) is 34.2. The van der Waals surface area contributed by atoms with Gasteiger partial charge in [0.25, 0.3) is 11.8 Å². The van der Waals surface area contributed by atoms with Crippen LogP contribution in [0.4, 0.5) is 0 Å². The van der Waals surface area contributed by atoms with E-state index in [2.05, 4.69) is 4.98 Å². The number of carbonyl (C=O) groups is 2. The van der Waals surface area contributed by atoms with Crippen molar-refractivity contribution in [1.82, 2.24) is 14.8 Å². The van der Waals surface area contributed by atoms with Crippen LogP contribution in [-0.2, 0) is 5.66 Å². The van der Waals surface area contributed by atoms with Gasteiger partial charge in [0.2, 0.25) is 0 Å². The molecule has 5 heteroatoms. The van der Waals surface area contributed by atoms with Crippen LogP contribution in [0.1, 0.15) is 31.8 Å². The Labute approximate surface area is 156 Å². The predicted octanol–water partition coefficient (Wildman–Crippen LogP) is 2.89. The van der Waals surface area contributed by atoms with E-state index in [1.807, 2.05) is 64.4 Å². The molecule has 2 aliphatic rings. The first kappa shape index (κ1) is 15.8. The third-order valence-corrected chi connectivity index (χ3v) is 5.46. The average Bonchev–Trinajstić information content (AvgIpc) is 3.25. The molecule has 1 fully saturated rings. The standard InChI is InChI=1S/C22H17N3O2/c26-20(16-10-12-23-13-11-16)24-14-15-25-21(27)18-8-4-5-9-19(18)22(24,25)17-6-2-1-3-7-17/h1-13H,14-15H2. The van der Waals surface area contributed by atoms with E-state index in [1.165, 1.54) is 0 Å². The molecule has 0 saturated carbocycles. The largest absolute Gasteiger partial charge is 0.306 e. The van der Waals surface area contributed by atoms with E-state index in [4.69, 9.17) is 0 Å². The molecule has 0 spiro atoms. The monoisotopic (exact) mass is 355 g/mol. The Morgan fingerprint density at radius 1 is 0.889 bits per heavy atom. The van der Waals surface area contributed by atoms with E-state index in [-0.39, 0.29) is 11.8 Å². The number of nitrogens with zero attached hydrogens (tertiary/aromatic N) is 3. The topological polar surface area (TPSA) is 53.5 Å². The van der Waals surface area contributed by atoms with Crippen molar-refractivity contribution in [2.75, 3.05) is 13.1 Å². The van der Waals surface area contributed by atoms with E-state index in [0.717, 1.165) is 11.1 Å². The zero-order valence-electron chi connectivity index (χ0n) is 14.6. The van der Waals surface area contributed by atoms with Gasteiger partial charge in [-0.2, -0.15) is 0 Å². The molecular formula is C22H17N3O2. The van der Waals surface area contributed by atoms with Crippen LogP contribution in [0.2, 0.25) is 0 Å². The summed E-state index contributed by atoms with van der Waals surface area (Å²) in [5.41, 5.74) is 2.10. The minimum Gasteiger partial charge on any atom is -0.306 e. The number of amides is 2. The molecule has 1 unspecified atom stereocenters. The Bertz CT molecular complexity index is 1040. The second kappa shape index (κ2) is 5.77. The second-order valence-corrected chi connectivity index (χ2v) is 6.73. The SMILES string of the molecule is O=C(c1ccncc1)N1CCN2C(=O)c3ccccc3C12c1ccccc1. The molecule has 0 radical (unpaired) electrons. The Hall–Kier alpha value is -3.47. The van der Waals surface area contributed by atoms with Crippen LogP contribution in [0.15, 0.2) is 79.1 Å². The highest BCUT2D eigenvalue weighted by atomic mass is 16.2. The van der Waals surface area contributed by atoms with Gasteiger partial charge >= 0.3 is 0 Å². The minimum atomic E-state index is -0.907. The van der Waals surface area contributed by atoms with Crippen LogP contribution in [0, 0.1) is 0 Å². The number of fused-ring (bicyclic) bond motifs is 3. The number of aromatic nitrogens is 1. The quantitative estimate of drug-likeness (QED) is 0.710. The fourth-order valence-electron chi connectivity index (χ4n) is 4.36. The third kappa shape index (κ3) is 2.02. The van der Waals surface area contributed by atoms with Crippen molar-refractivity contribution in [1.29, 1.82) is 0 Å². The smallest absolute Gasteiger partial charge is 0.256 e. The van der Waals surface area contributed by atoms with Gasteiger partial charge in [0.15, 0.2) is 5.66 Å². The Kier molecular flexibility index (Phi) is 3.37. The fraction of sp³-hybridized carbons (Fsp3) is 0.136. The highest BCUT2D eigenvalue weighted by molar-refractivity contribution is 6.03. The van der Waals surface area contributed by atoms with Crippen molar-refractivity contribution >= 4 is 11.8 Å². The summed E-state index contributed by atoms with van der Waals surface area (Å²) < 4.78 is 0. The lowest BCUT2D eigenvalue weighted by atomic mass is 9.89. The maximum Gasteiger partial charge on any atom is 0.256 e. The number of hydrogen-bond acceptors (Lipinski definition) is 3. The molecule has 3 aromatic rings. The second-order valence-electron chi connectivity index (χ2n) is 6.73. The maximum atomic E-state index is 13.4. The molecule has 3 heterocycles. The number of hydrogen-bond donors (Lipinski definition) is 0. The van der Waals surface area contributed by atoms with Gasteiger partial charge in [0.05, 0.1) is 0 Å². The lowest BCUT2D eigenvalue weighted by Gasteiger charge is -2.40. The van der Waals surface area contributed by atoms with Crippen molar-refractivity contribution in [2.24, 2.45) is 0 Å². The molecule has 2 aliphatic heterocycles. The number of benzene rings is 2. The van der Waals surface area contributed by atoms with Crippen LogP contribution >= 0.6 is 0 Å². The lowest BCUT2D eigenvalue weighted by molar-refractivity contribution is 0.0375. The summed E-state index contributed by atoms with van der Waals surface area (Å²) in [6, 6.07) is 20.8. The van der Waals surface area contributed by atoms with Gasteiger partial charge in [-0.15, -0.1) is 0 Å². The van der Waals surface area contributed by atoms with Crippen molar-refractivity contribution in [2.45, 2.75) is 5.66 Å². The molecular weight excluding hydrogens is 338 g/mol. The molecule has 27 heavy (non-hydrogen) atoms. The first-order chi connectivity index (χ1) is 13.2. The zero-order valence-corrected chi connectivity index (χ0v) is 14.6. The van der Waals surface area contributed by atoms with Gasteiger partial charge in [-0.25, -0.2) is 0 Å². The summed E-state index contributed by atoms with van der Waals surface area (Å²) in [6.45, 7) is 0.982. The number of rotatable bonds is 2. The summed E-state index contributed by atoms with van der Waals surface area (Å²) in [6.07, 6.45) is 3.23. The predicted molar refractivity (Wildman–Crippen MR) is 100.0 cm³/mol. The van der Waals surface area contributed by atoms with E-state index in [1.54, 1.807) is 24.5 Å². The van der Waals surface area contributed by atoms with Crippen molar-refractivity contribution in [3.63, 3.8) is 0 Å². The van der Waals surface area contributed by atoms with Gasteiger partial charge in [-0.3, -0.25) is 14.6 Å². The van der Waals surface area contributed by atoms with E-state index < -0.39 is 5.66 Å². The van der Waals surface area contributed by atoms with Crippen LogP contribution in [0.25, 0.3) is 0 Å². The molecule has 2 amide bonds. The molecule has 1 aromatic heterocycles. The highest BCUT2D eigenvalue weighted by Gasteiger charge is 2.59. The number of carbonyl (C=O) groups excluding carboxylic acids is 2. The van der Waals surface area contributed by atoms with E-state index in [0.29, 0.717) is 24.2 Å². The molecule has 2 aromatic carbocycles. The first-order valence-electron chi connectivity index (χ1n) is 8.93. The Morgan fingerprint density at radius 3 is 2.37 bits per heavy atom. The van der Waals surface area contributed by atoms with Gasteiger partial charge in [0.1, 0.15) is 0 Å². The first-order valence-corrected chi connectivity index (χ1v) is 8.93. The third-order valence-electron chi connectivity index (χ3n) is 5.46. The molecule has 0 bridgehead atoms. The number of pyridine rings is 1. The van der Waals surface area contributed by atoms with Gasteiger partial charge in [-0.05, 0) is 18.2 Å². The molecule has 1 atom stereocenters. The van der Waals surface area contributed by atoms with Crippen molar-refractivity contribution in [3.8, 4) is 0 Å². The average molecular weight is 355 g/mol. The zero-order chi connectivity index (χ0) is 18.4. The summed E-state index contributed by atoms with van der Waals surface area (Å²) in [5.74, 6) is -0.132. The minimum absolute atomic E-state index is 0.0283. The summed E-state index contributed by atoms with van der Waals surface area (Å²) in [5, 5.41) is 0. The molecule has 132 valence electrons. The molecule has 0 N–H and O–H groups in total. The maximum absolute atomic E-state index is 13.4. The van der Waals surface area contributed by atoms with Crippen LogP contribution in [0.5, 0.6) is 0 Å². The van der Waals surface area contributed by atoms with Gasteiger partial charge < -0.3 is 9.80 Å². The Balaban J connectivity index is 1.77. The Morgan fingerprint density at radius 2 is 1.59 bits per heavy atom. The molecule has 0 aliphatic carbocycles. The van der Waals surface area contributed by atoms with E-state index >= 15 is 0 Å². The normalized spacial score (nSPS) is 20.5. The summed E-state index contributed by atoms with van der Waals surface area (Å²) in [7, 11) is 0. The van der Waals surface area contributed by atoms with Crippen LogP contribution in [-0.4, -0.2) is 39.7 Å². The van der Waals surface area contributed by atoms with Gasteiger partial charge in [-0.1, -0.05) is 48.5 Å². The molecule has 5 nitrogen and oxygen atoms in total. The van der Waals surface area contributed by atoms with Crippen molar-refractivity contribution in [3.05, 3.63) is 101 Å². The van der Waals surface area contributed by atoms with Crippen LogP contribution in [0.3, 0.4) is 0 Å². The summed E-state index contributed by atoms with van der Waals surface area (Å²) >= 11 is 0. The molecule has 1 saturated heterocycles. The lowest BCUT2D eigenvalue weighted by Crippen LogP contribution is -2.51. The highest BCUT2D eigenvalue weighted by Crippen LogP contribution is 2.49. The fourth-order valence-corrected chi connectivity index (χ4v) is 4.36. The van der Waals surface area contributed by atoms with Gasteiger partial charge in [0, 0.05) is 47.7 Å². The van der Waals surface area contributed by atoms with Crippen molar-refractivity contribution < 1.29 is 9.59 Å². The van der Waals surface area contributed by atoms with E-state index in [9.17, 15) is 9.59 Å². The van der Waals surface area contributed by atoms with Crippen LogP contribution < -0.4 is 0 Å². The molecule has 5 rings (SSSR count).